The molecule has 2 N–H and O–H groups in total. The average Bonchev–Trinajstić information content (AvgIpc) is 2.89. The Bertz CT molecular complexity index is 850. The predicted molar refractivity (Wildman–Crippen MR) is 121 cm³/mol. The zero-order chi connectivity index (χ0) is 22.0. The minimum absolute atomic E-state index is 0.0693. The first-order chi connectivity index (χ1) is 14.9. The summed E-state index contributed by atoms with van der Waals surface area (Å²) in [6.07, 6.45) is 7.33. The lowest BCUT2D eigenvalue weighted by Gasteiger charge is -2.30. The number of fused-ring (bicyclic) bond motifs is 1. The van der Waals surface area contributed by atoms with Gasteiger partial charge in [0.25, 0.3) is 5.91 Å². The van der Waals surface area contributed by atoms with Crippen LogP contribution in [0.2, 0.25) is 0 Å². The van der Waals surface area contributed by atoms with Crippen LogP contribution in [0.3, 0.4) is 0 Å². The number of nitrogens with one attached hydrogen (secondary N) is 2. The lowest BCUT2D eigenvalue weighted by Crippen LogP contribution is -2.49. The first-order valence-corrected chi connectivity index (χ1v) is 11.7. The van der Waals surface area contributed by atoms with E-state index in [2.05, 4.69) is 31.1 Å². The first-order valence-electron chi connectivity index (χ1n) is 11.7. The Morgan fingerprint density at radius 1 is 1.19 bits per heavy atom. The van der Waals surface area contributed by atoms with Crippen molar-refractivity contribution in [3.05, 3.63) is 41.6 Å². The van der Waals surface area contributed by atoms with Crippen LogP contribution in [-0.2, 0) is 11.3 Å². The lowest BCUT2D eigenvalue weighted by molar-refractivity contribution is -0.126. The number of amides is 2. The second-order valence-corrected chi connectivity index (χ2v) is 9.60. The molecule has 1 saturated heterocycles. The standard InChI is InChI=1S/C25H35N3O3/c1-16(2)14-26-21-7-5-4-6-8-23(21)31-19-10-11-20-18(13-19)15-28(25(20)30)22-12-9-17(3)27-24(22)29/h10-11,13,16,21-23,26H,3-9,12,14-15H2,1-2H3,(H,27,29). The van der Waals surface area contributed by atoms with Crippen LogP contribution in [0.15, 0.2) is 30.5 Å². The summed E-state index contributed by atoms with van der Waals surface area (Å²) in [5.74, 6) is 1.22. The molecule has 3 aliphatic rings. The van der Waals surface area contributed by atoms with E-state index in [4.69, 9.17) is 4.74 Å². The van der Waals surface area contributed by atoms with Crippen molar-refractivity contribution in [3.8, 4) is 5.75 Å². The molecule has 168 valence electrons. The molecule has 2 aliphatic heterocycles. The molecule has 31 heavy (non-hydrogen) atoms. The highest BCUT2D eigenvalue weighted by atomic mass is 16.5. The van der Waals surface area contributed by atoms with Crippen molar-refractivity contribution < 1.29 is 14.3 Å². The van der Waals surface area contributed by atoms with Crippen molar-refractivity contribution in [2.45, 2.75) is 83.5 Å². The van der Waals surface area contributed by atoms with Crippen molar-refractivity contribution in [3.63, 3.8) is 0 Å². The number of hydrogen-bond acceptors (Lipinski definition) is 4. The van der Waals surface area contributed by atoms with Gasteiger partial charge in [0.2, 0.25) is 5.91 Å². The van der Waals surface area contributed by atoms with E-state index in [0.29, 0.717) is 36.9 Å². The third kappa shape index (κ3) is 4.95. The van der Waals surface area contributed by atoms with Gasteiger partial charge < -0.3 is 20.3 Å². The second kappa shape index (κ2) is 9.43. The number of hydrogen-bond donors (Lipinski definition) is 2. The summed E-state index contributed by atoms with van der Waals surface area (Å²) in [7, 11) is 0. The van der Waals surface area contributed by atoms with Gasteiger partial charge in [-0.25, -0.2) is 0 Å². The molecule has 1 aromatic rings. The maximum atomic E-state index is 12.9. The van der Waals surface area contributed by atoms with Gasteiger partial charge in [-0.3, -0.25) is 9.59 Å². The summed E-state index contributed by atoms with van der Waals surface area (Å²) in [5.41, 5.74) is 2.35. The minimum Gasteiger partial charge on any atom is -0.489 e. The second-order valence-electron chi connectivity index (χ2n) is 9.60. The molecule has 1 aromatic carbocycles. The first kappa shape index (κ1) is 21.9. The SMILES string of the molecule is C=C1CCC(N2Cc3cc(OC4CCCCCC4NCC(C)C)ccc3C2=O)C(=O)N1. The fraction of sp³-hybridized carbons (Fsp3) is 0.600. The van der Waals surface area contributed by atoms with Gasteiger partial charge in [-0.15, -0.1) is 0 Å². The van der Waals surface area contributed by atoms with Crippen LogP contribution in [0.5, 0.6) is 5.75 Å². The highest BCUT2D eigenvalue weighted by Gasteiger charge is 2.38. The quantitative estimate of drug-likeness (QED) is 0.681. The number of ether oxygens (including phenoxy) is 1. The average molecular weight is 426 g/mol. The monoisotopic (exact) mass is 425 g/mol. The molecule has 0 aromatic heterocycles. The molecule has 2 fully saturated rings. The van der Waals surface area contributed by atoms with Crippen LogP contribution in [0.1, 0.15) is 74.7 Å². The van der Waals surface area contributed by atoms with Crippen LogP contribution in [-0.4, -0.2) is 41.4 Å². The molecule has 0 spiro atoms. The predicted octanol–water partition coefficient (Wildman–Crippen LogP) is 3.76. The van der Waals surface area contributed by atoms with E-state index in [-0.39, 0.29) is 17.9 Å². The van der Waals surface area contributed by atoms with E-state index in [1.807, 2.05) is 18.2 Å². The Labute approximate surface area is 185 Å². The third-order valence-corrected chi connectivity index (χ3v) is 6.64. The number of carbonyl (C=O) groups excluding carboxylic acids is 2. The lowest BCUT2D eigenvalue weighted by atomic mass is 10.0. The summed E-state index contributed by atoms with van der Waals surface area (Å²) < 4.78 is 6.47. The molecule has 2 heterocycles. The molecule has 0 bridgehead atoms. The maximum Gasteiger partial charge on any atom is 0.255 e. The highest BCUT2D eigenvalue weighted by molar-refractivity contribution is 6.01. The number of benzene rings is 1. The van der Waals surface area contributed by atoms with Gasteiger partial charge in [-0.2, -0.15) is 0 Å². The van der Waals surface area contributed by atoms with Gasteiger partial charge in [0, 0.05) is 23.8 Å². The molecule has 3 unspecified atom stereocenters. The van der Waals surface area contributed by atoms with Gasteiger partial charge in [0.05, 0.1) is 0 Å². The van der Waals surface area contributed by atoms with Crippen LogP contribution in [0.25, 0.3) is 0 Å². The van der Waals surface area contributed by atoms with Gasteiger partial charge in [0.15, 0.2) is 0 Å². The van der Waals surface area contributed by atoms with E-state index in [0.717, 1.165) is 36.4 Å². The van der Waals surface area contributed by atoms with Gasteiger partial charge in [-0.05, 0) is 68.3 Å². The number of allylic oxidation sites excluding steroid dienone is 1. The van der Waals surface area contributed by atoms with Crippen molar-refractivity contribution in [1.82, 2.24) is 15.5 Å². The molecule has 6 nitrogen and oxygen atoms in total. The Morgan fingerprint density at radius 2 is 2.00 bits per heavy atom. The number of rotatable bonds is 6. The van der Waals surface area contributed by atoms with Crippen LogP contribution in [0.4, 0.5) is 0 Å². The van der Waals surface area contributed by atoms with E-state index < -0.39 is 6.04 Å². The summed E-state index contributed by atoms with van der Waals surface area (Å²) in [6.45, 7) is 9.73. The molecule has 6 heteroatoms. The molecule has 3 atom stereocenters. The fourth-order valence-electron chi connectivity index (χ4n) is 4.91. The number of nitrogens with zero attached hydrogens (tertiary/aromatic N) is 1. The summed E-state index contributed by atoms with van der Waals surface area (Å²) >= 11 is 0. The van der Waals surface area contributed by atoms with E-state index in [1.165, 1.54) is 19.3 Å². The van der Waals surface area contributed by atoms with E-state index in [1.54, 1.807) is 4.90 Å². The molecule has 4 rings (SSSR count). The third-order valence-electron chi connectivity index (χ3n) is 6.64. The number of carbonyl (C=O) groups is 2. The topological polar surface area (TPSA) is 70.7 Å². The molecular weight excluding hydrogens is 390 g/mol. The van der Waals surface area contributed by atoms with Gasteiger partial charge in [-0.1, -0.05) is 33.3 Å². The van der Waals surface area contributed by atoms with Crippen LogP contribution in [0, 0.1) is 5.92 Å². The Balaban J connectivity index is 1.46. The van der Waals surface area contributed by atoms with Gasteiger partial charge in [0.1, 0.15) is 17.9 Å². The van der Waals surface area contributed by atoms with Crippen molar-refractivity contribution in [1.29, 1.82) is 0 Å². The van der Waals surface area contributed by atoms with Crippen molar-refractivity contribution in [2.24, 2.45) is 5.92 Å². The van der Waals surface area contributed by atoms with Gasteiger partial charge >= 0.3 is 0 Å². The Kier molecular flexibility index (Phi) is 6.65. The van der Waals surface area contributed by atoms with Crippen LogP contribution >= 0.6 is 0 Å². The Morgan fingerprint density at radius 3 is 2.77 bits per heavy atom. The summed E-state index contributed by atoms with van der Waals surface area (Å²) in [4.78, 5) is 27.0. The Hall–Kier alpha value is -2.34. The zero-order valence-electron chi connectivity index (χ0n) is 18.8. The van der Waals surface area contributed by atoms with Crippen LogP contribution < -0.4 is 15.4 Å². The molecular formula is C25H35N3O3. The summed E-state index contributed by atoms with van der Waals surface area (Å²) in [5, 5.41) is 6.50. The van der Waals surface area contributed by atoms with E-state index >= 15 is 0 Å². The normalized spacial score (nSPS) is 26.6. The van der Waals surface area contributed by atoms with E-state index in [9.17, 15) is 9.59 Å². The fourth-order valence-corrected chi connectivity index (χ4v) is 4.91. The molecule has 0 radical (unpaired) electrons. The summed E-state index contributed by atoms with van der Waals surface area (Å²) in [6, 6.07) is 5.70. The largest absolute Gasteiger partial charge is 0.489 e. The molecule has 1 aliphatic carbocycles. The maximum absolute atomic E-state index is 12.9. The van der Waals surface area contributed by atoms with Crippen molar-refractivity contribution >= 4 is 11.8 Å². The minimum atomic E-state index is -0.429. The zero-order valence-corrected chi connectivity index (χ0v) is 18.8. The number of piperidine rings is 1. The smallest absolute Gasteiger partial charge is 0.255 e. The molecule has 1 saturated carbocycles. The molecule has 2 amide bonds. The van der Waals surface area contributed by atoms with Crippen molar-refractivity contribution in [2.75, 3.05) is 6.54 Å². The highest BCUT2D eigenvalue weighted by Crippen LogP contribution is 2.32.